The third-order valence-corrected chi connectivity index (χ3v) is 3.90. The van der Waals surface area contributed by atoms with Crippen molar-refractivity contribution in [3.63, 3.8) is 0 Å². The lowest BCUT2D eigenvalue weighted by Gasteiger charge is -2.19. The van der Waals surface area contributed by atoms with Crippen LogP contribution < -0.4 is 15.8 Å². The van der Waals surface area contributed by atoms with Gasteiger partial charge in [-0.15, -0.1) is 0 Å². The maximum Gasteiger partial charge on any atom is 0.407 e. The van der Waals surface area contributed by atoms with E-state index in [0.29, 0.717) is 19.6 Å². The van der Waals surface area contributed by atoms with Gasteiger partial charge in [-0.3, -0.25) is 0 Å². The second-order valence-corrected chi connectivity index (χ2v) is 7.26. The highest BCUT2D eigenvalue weighted by molar-refractivity contribution is 5.82. The summed E-state index contributed by atoms with van der Waals surface area (Å²) in [6.45, 7) is 8.57. The number of benzene rings is 1. The molecule has 1 atom stereocenters. The van der Waals surface area contributed by atoms with Gasteiger partial charge in [0.05, 0.1) is 18.2 Å². The van der Waals surface area contributed by atoms with E-state index in [0.717, 1.165) is 29.0 Å². The molecular weight excluding hydrogens is 332 g/mol. The average Bonchev–Trinajstić information content (AvgIpc) is 2.88. The van der Waals surface area contributed by atoms with Gasteiger partial charge in [-0.2, -0.15) is 0 Å². The van der Waals surface area contributed by atoms with E-state index < -0.39 is 11.7 Å². The molecule has 0 aliphatic rings. The van der Waals surface area contributed by atoms with Crippen LogP contribution in [0.2, 0.25) is 0 Å². The molecule has 3 N–H and O–H groups in total. The number of aromatic nitrogens is 2. The number of ether oxygens (including phenoxy) is 2. The molecule has 1 heterocycles. The number of nitrogens with zero attached hydrogens (tertiary/aromatic N) is 2. The lowest BCUT2D eigenvalue weighted by molar-refractivity contribution is 0.0526. The monoisotopic (exact) mass is 362 g/mol. The Bertz CT molecular complexity index is 749. The number of aryl methyl sites for hydroxylation is 1. The molecule has 0 spiro atoms. The molecule has 2 aromatic rings. The summed E-state index contributed by atoms with van der Waals surface area (Å²) >= 11 is 0. The van der Waals surface area contributed by atoms with Gasteiger partial charge in [-0.1, -0.05) is 6.07 Å². The molecule has 2 rings (SSSR count). The van der Waals surface area contributed by atoms with Crippen LogP contribution in [0.4, 0.5) is 4.79 Å². The number of nitrogens with two attached hydrogens (primary N) is 1. The fourth-order valence-electron chi connectivity index (χ4n) is 2.77. The molecule has 7 heteroatoms. The van der Waals surface area contributed by atoms with Crippen LogP contribution in [-0.4, -0.2) is 34.4 Å². The molecule has 144 valence electrons. The minimum Gasteiger partial charge on any atom is -0.492 e. The van der Waals surface area contributed by atoms with Crippen LogP contribution in [0, 0.1) is 0 Å². The molecular formula is C19H30N4O3. The Morgan fingerprint density at radius 2 is 2.12 bits per heavy atom. The van der Waals surface area contributed by atoms with Crippen molar-refractivity contribution in [2.75, 3.05) is 13.2 Å². The lowest BCUT2D eigenvalue weighted by atomic mass is 10.1. The Hall–Kier alpha value is -2.28. The third-order valence-electron chi connectivity index (χ3n) is 3.90. The summed E-state index contributed by atoms with van der Waals surface area (Å²) in [5.74, 6) is 1.58. The van der Waals surface area contributed by atoms with Crippen molar-refractivity contribution in [2.45, 2.75) is 52.2 Å². The molecule has 0 radical (unpaired) electrons. The van der Waals surface area contributed by atoms with Crippen LogP contribution in [0.15, 0.2) is 18.2 Å². The van der Waals surface area contributed by atoms with Crippen LogP contribution in [-0.2, 0) is 11.8 Å². The first kappa shape index (κ1) is 20.0. The first-order valence-electron chi connectivity index (χ1n) is 9.03. The summed E-state index contributed by atoms with van der Waals surface area (Å²) in [7, 11) is 1.96. The summed E-state index contributed by atoms with van der Waals surface area (Å²) in [6, 6.07) is 5.65. The number of carbonyl (C=O) groups excluding carboxylic acids is 1. The molecule has 1 aromatic carbocycles. The summed E-state index contributed by atoms with van der Waals surface area (Å²) in [5, 5.41) is 2.75. The largest absolute Gasteiger partial charge is 0.492 e. The Morgan fingerprint density at radius 1 is 1.38 bits per heavy atom. The van der Waals surface area contributed by atoms with Crippen molar-refractivity contribution in [3.05, 3.63) is 24.0 Å². The van der Waals surface area contributed by atoms with E-state index in [1.165, 1.54) is 0 Å². The van der Waals surface area contributed by atoms with E-state index in [-0.39, 0.29) is 6.04 Å². The van der Waals surface area contributed by atoms with Gasteiger partial charge >= 0.3 is 6.09 Å². The van der Waals surface area contributed by atoms with Crippen LogP contribution in [0.5, 0.6) is 5.75 Å². The minimum atomic E-state index is -0.494. The van der Waals surface area contributed by atoms with Gasteiger partial charge in [-0.25, -0.2) is 9.78 Å². The molecule has 0 saturated carbocycles. The van der Waals surface area contributed by atoms with Gasteiger partial charge < -0.3 is 25.1 Å². The van der Waals surface area contributed by atoms with Crippen molar-refractivity contribution in [1.82, 2.24) is 14.9 Å². The van der Waals surface area contributed by atoms with Gasteiger partial charge in [0.2, 0.25) is 0 Å². The number of alkyl carbamates (subject to hydrolysis) is 1. The van der Waals surface area contributed by atoms with Crippen molar-refractivity contribution >= 4 is 17.1 Å². The maximum absolute atomic E-state index is 11.6. The van der Waals surface area contributed by atoms with Crippen molar-refractivity contribution < 1.29 is 14.3 Å². The topological polar surface area (TPSA) is 91.4 Å². The number of imidazole rings is 1. The molecule has 26 heavy (non-hydrogen) atoms. The number of carbonyl (C=O) groups is 1. The van der Waals surface area contributed by atoms with Gasteiger partial charge in [-0.05, 0) is 52.7 Å². The van der Waals surface area contributed by atoms with Gasteiger partial charge in [0.1, 0.15) is 22.7 Å². The van der Waals surface area contributed by atoms with E-state index in [2.05, 4.69) is 5.32 Å². The number of para-hydroxylation sites is 1. The SMILES string of the molecule is CCOc1cccc2c1nc([C@@H](N)CCCNC(=O)OC(C)(C)C)n2C. The van der Waals surface area contributed by atoms with Gasteiger partial charge in [0, 0.05) is 13.6 Å². The highest BCUT2D eigenvalue weighted by atomic mass is 16.6. The normalized spacial score (nSPS) is 12.8. The zero-order valence-corrected chi connectivity index (χ0v) is 16.3. The zero-order chi connectivity index (χ0) is 19.3. The second-order valence-electron chi connectivity index (χ2n) is 7.26. The molecule has 1 amide bonds. The number of amides is 1. The predicted octanol–water partition coefficient (Wildman–Crippen LogP) is 3.28. The van der Waals surface area contributed by atoms with Crippen LogP contribution in [0.3, 0.4) is 0 Å². The molecule has 0 unspecified atom stereocenters. The predicted molar refractivity (Wildman–Crippen MR) is 102 cm³/mol. The quantitative estimate of drug-likeness (QED) is 0.738. The van der Waals surface area contributed by atoms with Crippen molar-refractivity contribution in [3.8, 4) is 5.75 Å². The molecule has 0 aliphatic carbocycles. The average molecular weight is 362 g/mol. The summed E-state index contributed by atoms with van der Waals surface area (Å²) in [5.41, 5.74) is 7.66. The highest BCUT2D eigenvalue weighted by Crippen LogP contribution is 2.28. The lowest BCUT2D eigenvalue weighted by Crippen LogP contribution is -2.33. The summed E-state index contributed by atoms with van der Waals surface area (Å²) in [6.07, 6.45) is 1.04. The Labute approximate surface area is 154 Å². The first-order valence-corrected chi connectivity index (χ1v) is 9.03. The second kappa shape index (κ2) is 8.40. The van der Waals surface area contributed by atoms with E-state index in [1.807, 2.05) is 57.5 Å². The standard InChI is InChI=1S/C19H30N4O3/c1-6-25-15-11-7-10-14-16(15)22-17(23(14)5)13(20)9-8-12-21-18(24)26-19(2,3)4/h7,10-11,13H,6,8-9,12,20H2,1-5H3,(H,21,24)/t13-/m0/s1. The van der Waals surface area contributed by atoms with Gasteiger partial charge in [0.25, 0.3) is 0 Å². The number of hydrogen-bond donors (Lipinski definition) is 2. The molecule has 0 fully saturated rings. The number of hydrogen-bond acceptors (Lipinski definition) is 5. The smallest absolute Gasteiger partial charge is 0.407 e. The molecule has 0 bridgehead atoms. The fourth-order valence-corrected chi connectivity index (χ4v) is 2.77. The van der Waals surface area contributed by atoms with Gasteiger partial charge in [0.15, 0.2) is 0 Å². The van der Waals surface area contributed by atoms with E-state index in [4.69, 9.17) is 20.2 Å². The van der Waals surface area contributed by atoms with Crippen molar-refractivity contribution in [1.29, 1.82) is 0 Å². The number of nitrogens with one attached hydrogen (secondary N) is 1. The van der Waals surface area contributed by atoms with Crippen LogP contribution in [0.25, 0.3) is 11.0 Å². The molecule has 7 nitrogen and oxygen atoms in total. The summed E-state index contributed by atoms with van der Waals surface area (Å²) < 4.78 is 12.9. The minimum absolute atomic E-state index is 0.220. The van der Waals surface area contributed by atoms with E-state index >= 15 is 0 Å². The van der Waals surface area contributed by atoms with Crippen molar-refractivity contribution in [2.24, 2.45) is 12.8 Å². The highest BCUT2D eigenvalue weighted by Gasteiger charge is 2.18. The Kier molecular flexibility index (Phi) is 6.47. The molecule has 0 aliphatic heterocycles. The first-order chi connectivity index (χ1) is 12.2. The zero-order valence-electron chi connectivity index (χ0n) is 16.3. The van der Waals surface area contributed by atoms with E-state index in [9.17, 15) is 4.79 Å². The molecule has 0 saturated heterocycles. The Morgan fingerprint density at radius 3 is 2.77 bits per heavy atom. The molecule has 1 aromatic heterocycles. The van der Waals surface area contributed by atoms with Crippen LogP contribution in [0.1, 0.15) is 52.4 Å². The maximum atomic E-state index is 11.6. The van der Waals surface area contributed by atoms with Crippen LogP contribution >= 0.6 is 0 Å². The Balaban J connectivity index is 1.95. The van der Waals surface area contributed by atoms with E-state index in [1.54, 1.807) is 0 Å². The number of rotatable bonds is 7. The summed E-state index contributed by atoms with van der Waals surface area (Å²) in [4.78, 5) is 16.3. The fraction of sp³-hybridized carbons (Fsp3) is 0.579. The number of fused-ring (bicyclic) bond motifs is 1. The third kappa shape index (κ3) is 5.11.